The van der Waals surface area contributed by atoms with Gasteiger partial charge in [-0.15, -0.1) is 0 Å². The predicted octanol–water partition coefficient (Wildman–Crippen LogP) is 1.15. The third-order valence-electron chi connectivity index (χ3n) is 6.56. The molecule has 3 fully saturated rings. The zero-order valence-corrected chi connectivity index (χ0v) is 16.6. The number of carbonyl (C=O) groups excluding carboxylic acids is 2. The summed E-state index contributed by atoms with van der Waals surface area (Å²) in [6, 6.07) is 2.23. The van der Waals surface area contributed by atoms with Crippen molar-refractivity contribution in [2.24, 2.45) is 0 Å². The van der Waals surface area contributed by atoms with Crippen LogP contribution in [0, 0.1) is 0 Å². The molecule has 3 heterocycles. The Labute approximate surface area is 166 Å². The molecule has 0 aromatic carbocycles. The van der Waals surface area contributed by atoms with Gasteiger partial charge in [0.2, 0.25) is 0 Å². The Morgan fingerprint density at radius 1 is 1.00 bits per heavy atom. The van der Waals surface area contributed by atoms with Crippen molar-refractivity contribution in [3.8, 4) is 0 Å². The van der Waals surface area contributed by atoms with Crippen molar-refractivity contribution in [1.82, 2.24) is 30.2 Å². The molecule has 154 valence electrons. The molecule has 2 saturated heterocycles. The van der Waals surface area contributed by atoms with Gasteiger partial charge in [0.15, 0.2) is 0 Å². The minimum Gasteiger partial charge on any atom is -0.337 e. The van der Waals surface area contributed by atoms with E-state index in [1.54, 1.807) is 6.20 Å². The standard InChI is InChI=1S/C20H32N6O2/c27-18(20(7-10-21-11-8-20)26-12-4-9-22-26)24-13-15-25(16-14-24)19(28)23-17-5-2-1-3-6-17/h4,9,12,17,21H,1-3,5-8,10-11,13-16H2,(H,23,28). The van der Waals surface area contributed by atoms with Gasteiger partial charge in [0, 0.05) is 44.6 Å². The molecule has 8 heteroatoms. The Kier molecular flexibility index (Phi) is 5.85. The fourth-order valence-electron chi connectivity index (χ4n) is 4.82. The van der Waals surface area contributed by atoms with E-state index in [0.717, 1.165) is 38.8 Å². The van der Waals surface area contributed by atoms with Crippen molar-refractivity contribution < 1.29 is 9.59 Å². The second kappa shape index (κ2) is 8.51. The fourth-order valence-corrected chi connectivity index (χ4v) is 4.82. The first-order valence-electron chi connectivity index (χ1n) is 10.7. The van der Waals surface area contributed by atoms with Gasteiger partial charge in [-0.1, -0.05) is 19.3 Å². The SMILES string of the molecule is O=C(NC1CCCCC1)N1CCN(C(=O)C2(n3cccn3)CCNCC2)CC1. The van der Waals surface area contributed by atoms with Crippen LogP contribution >= 0.6 is 0 Å². The van der Waals surface area contributed by atoms with E-state index >= 15 is 0 Å². The third-order valence-corrected chi connectivity index (χ3v) is 6.56. The van der Waals surface area contributed by atoms with Crippen LogP contribution in [0.3, 0.4) is 0 Å². The molecule has 3 aliphatic rings. The summed E-state index contributed by atoms with van der Waals surface area (Å²) < 4.78 is 1.85. The van der Waals surface area contributed by atoms with Gasteiger partial charge in [0.05, 0.1) is 0 Å². The molecule has 0 atom stereocenters. The van der Waals surface area contributed by atoms with E-state index in [2.05, 4.69) is 15.7 Å². The largest absolute Gasteiger partial charge is 0.337 e. The molecule has 3 amide bonds. The lowest BCUT2D eigenvalue weighted by Crippen LogP contribution is -2.60. The van der Waals surface area contributed by atoms with Gasteiger partial charge < -0.3 is 20.4 Å². The molecular weight excluding hydrogens is 356 g/mol. The summed E-state index contributed by atoms with van der Waals surface area (Å²) in [7, 11) is 0. The molecule has 1 aliphatic carbocycles. The van der Waals surface area contributed by atoms with Crippen LogP contribution in [-0.2, 0) is 10.3 Å². The highest BCUT2D eigenvalue weighted by molar-refractivity contribution is 5.85. The summed E-state index contributed by atoms with van der Waals surface area (Å²) in [5.74, 6) is 0.144. The summed E-state index contributed by atoms with van der Waals surface area (Å²) in [5.41, 5.74) is -0.596. The number of piperidine rings is 1. The topological polar surface area (TPSA) is 82.5 Å². The van der Waals surface area contributed by atoms with Gasteiger partial charge in [-0.05, 0) is 44.8 Å². The van der Waals surface area contributed by atoms with Gasteiger partial charge in [-0.3, -0.25) is 9.48 Å². The highest BCUT2D eigenvalue weighted by atomic mass is 16.2. The lowest BCUT2D eigenvalue weighted by Gasteiger charge is -2.43. The van der Waals surface area contributed by atoms with Gasteiger partial charge >= 0.3 is 6.03 Å². The van der Waals surface area contributed by atoms with Crippen LogP contribution in [-0.4, -0.2) is 76.8 Å². The molecule has 0 spiro atoms. The summed E-state index contributed by atoms with van der Waals surface area (Å²) in [4.78, 5) is 29.9. The highest BCUT2D eigenvalue weighted by Gasteiger charge is 2.45. The summed E-state index contributed by atoms with van der Waals surface area (Å²) in [5, 5.41) is 10.9. The number of piperazine rings is 1. The van der Waals surface area contributed by atoms with E-state index in [1.807, 2.05) is 26.7 Å². The van der Waals surface area contributed by atoms with E-state index in [1.165, 1.54) is 19.3 Å². The fraction of sp³-hybridized carbons (Fsp3) is 0.750. The molecule has 0 unspecified atom stereocenters. The van der Waals surface area contributed by atoms with Crippen molar-refractivity contribution >= 4 is 11.9 Å². The average molecular weight is 389 g/mol. The number of hydrogen-bond donors (Lipinski definition) is 2. The van der Waals surface area contributed by atoms with Crippen LogP contribution in [0.25, 0.3) is 0 Å². The second-order valence-electron chi connectivity index (χ2n) is 8.30. The maximum atomic E-state index is 13.5. The Morgan fingerprint density at radius 3 is 2.32 bits per heavy atom. The molecule has 0 radical (unpaired) electrons. The summed E-state index contributed by atoms with van der Waals surface area (Å²) in [6.07, 6.45) is 11.0. The molecule has 2 aliphatic heterocycles. The van der Waals surface area contributed by atoms with Crippen molar-refractivity contribution in [3.63, 3.8) is 0 Å². The molecular formula is C20H32N6O2. The smallest absolute Gasteiger partial charge is 0.317 e. The van der Waals surface area contributed by atoms with Crippen LogP contribution in [0.1, 0.15) is 44.9 Å². The van der Waals surface area contributed by atoms with Crippen molar-refractivity contribution in [2.75, 3.05) is 39.3 Å². The molecule has 4 rings (SSSR count). The number of rotatable bonds is 3. The Balaban J connectivity index is 1.36. The van der Waals surface area contributed by atoms with Crippen molar-refractivity contribution in [1.29, 1.82) is 0 Å². The maximum absolute atomic E-state index is 13.5. The number of aromatic nitrogens is 2. The zero-order valence-electron chi connectivity index (χ0n) is 16.6. The first-order valence-corrected chi connectivity index (χ1v) is 10.7. The Morgan fingerprint density at radius 2 is 1.68 bits per heavy atom. The van der Waals surface area contributed by atoms with Crippen LogP contribution in [0.5, 0.6) is 0 Å². The molecule has 1 aromatic heterocycles. The molecule has 2 N–H and O–H groups in total. The van der Waals surface area contributed by atoms with Crippen molar-refractivity contribution in [3.05, 3.63) is 18.5 Å². The van der Waals surface area contributed by atoms with Gasteiger partial charge in [0.25, 0.3) is 5.91 Å². The number of nitrogens with one attached hydrogen (secondary N) is 2. The summed E-state index contributed by atoms with van der Waals surface area (Å²) in [6.45, 7) is 4.00. The van der Waals surface area contributed by atoms with Crippen LogP contribution in [0.2, 0.25) is 0 Å². The minimum absolute atomic E-state index is 0.0302. The third kappa shape index (κ3) is 3.87. The predicted molar refractivity (Wildman–Crippen MR) is 106 cm³/mol. The van der Waals surface area contributed by atoms with Crippen LogP contribution < -0.4 is 10.6 Å². The first-order chi connectivity index (χ1) is 13.7. The normalized spacial score (nSPS) is 23.4. The quantitative estimate of drug-likeness (QED) is 0.814. The number of nitrogens with zero attached hydrogens (tertiary/aromatic N) is 4. The molecule has 1 saturated carbocycles. The molecule has 0 bridgehead atoms. The zero-order chi connectivity index (χ0) is 19.4. The lowest BCUT2D eigenvalue weighted by atomic mass is 9.86. The molecule has 8 nitrogen and oxygen atoms in total. The minimum atomic E-state index is -0.596. The summed E-state index contributed by atoms with van der Waals surface area (Å²) >= 11 is 0. The Bertz CT molecular complexity index is 656. The number of amides is 3. The average Bonchev–Trinajstić information content (AvgIpc) is 3.30. The van der Waals surface area contributed by atoms with E-state index in [4.69, 9.17) is 0 Å². The van der Waals surface area contributed by atoms with Crippen molar-refractivity contribution in [2.45, 2.75) is 56.5 Å². The second-order valence-corrected chi connectivity index (χ2v) is 8.30. The Hall–Kier alpha value is -2.09. The van der Waals surface area contributed by atoms with Crippen LogP contribution in [0.15, 0.2) is 18.5 Å². The van der Waals surface area contributed by atoms with E-state index in [-0.39, 0.29) is 11.9 Å². The van der Waals surface area contributed by atoms with E-state index < -0.39 is 5.54 Å². The van der Waals surface area contributed by atoms with Gasteiger partial charge in [-0.2, -0.15) is 5.10 Å². The monoisotopic (exact) mass is 388 g/mol. The van der Waals surface area contributed by atoms with Crippen LogP contribution in [0.4, 0.5) is 4.79 Å². The number of hydrogen-bond acceptors (Lipinski definition) is 4. The van der Waals surface area contributed by atoms with E-state index in [0.29, 0.717) is 32.2 Å². The first kappa shape index (κ1) is 19.2. The number of carbonyl (C=O) groups is 2. The number of urea groups is 1. The van der Waals surface area contributed by atoms with Gasteiger partial charge in [-0.25, -0.2) is 4.79 Å². The van der Waals surface area contributed by atoms with E-state index in [9.17, 15) is 9.59 Å². The van der Waals surface area contributed by atoms with Gasteiger partial charge in [0.1, 0.15) is 5.54 Å². The lowest BCUT2D eigenvalue weighted by molar-refractivity contribution is -0.144. The molecule has 1 aromatic rings. The molecule has 28 heavy (non-hydrogen) atoms. The highest BCUT2D eigenvalue weighted by Crippen LogP contribution is 2.30. The maximum Gasteiger partial charge on any atom is 0.317 e.